The van der Waals surface area contributed by atoms with Crippen molar-refractivity contribution in [2.24, 2.45) is 11.3 Å². The van der Waals surface area contributed by atoms with Gasteiger partial charge < -0.3 is 5.73 Å². The molecule has 5 heteroatoms. The molecule has 2 heterocycles. The molecule has 17 heavy (non-hydrogen) atoms. The highest BCUT2D eigenvalue weighted by Crippen LogP contribution is 2.34. The Bertz CT molecular complexity index is 359. The average Bonchev–Trinajstić information content (AvgIpc) is 2.74. The zero-order valence-electron chi connectivity index (χ0n) is 10.8. The lowest BCUT2D eigenvalue weighted by Gasteiger charge is -2.26. The molecule has 0 spiro atoms. The van der Waals surface area contributed by atoms with Crippen molar-refractivity contribution in [3.05, 3.63) is 11.1 Å². The van der Waals surface area contributed by atoms with E-state index in [1.165, 1.54) is 24.4 Å². The molecule has 2 N–H and O–H groups in total. The van der Waals surface area contributed by atoms with Crippen molar-refractivity contribution in [2.75, 3.05) is 18.8 Å². The number of rotatable bonds is 2. The van der Waals surface area contributed by atoms with Gasteiger partial charge in [0, 0.05) is 24.2 Å². The number of nitrogen functional groups attached to an aromatic ring is 1. The van der Waals surface area contributed by atoms with E-state index in [9.17, 15) is 0 Å². The Labute approximate surface area is 114 Å². The maximum atomic E-state index is 5.64. The summed E-state index contributed by atoms with van der Waals surface area (Å²) in [6.45, 7) is 10.5. The summed E-state index contributed by atoms with van der Waals surface area (Å²) in [5.41, 5.74) is 6.07. The highest BCUT2D eigenvalue weighted by molar-refractivity contribution is 7.15. The SMILES string of the molecule is CC(C)(C)C1CCN(Cc2cnc(N)s2)C1.Cl. The molecule has 98 valence electrons. The summed E-state index contributed by atoms with van der Waals surface area (Å²) >= 11 is 1.61. The Morgan fingerprint density at radius 3 is 2.71 bits per heavy atom. The summed E-state index contributed by atoms with van der Waals surface area (Å²) < 4.78 is 0. The fourth-order valence-corrected chi connectivity index (χ4v) is 3.03. The van der Waals surface area contributed by atoms with Crippen LogP contribution in [0, 0.1) is 11.3 Å². The van der Waals surface area contributed by atoms with Gasteiger partial charge in [0.15, 0.2) is 5.13 Å². The van der Waals surface area contributed by atoms with Crippen LogP contribution < -0.4 is 5.73 Å². The molecule has 2 rings (SSSR count). The van der Waals surface area contributed by atoms with Crippen LogP contribution in [0.1, 0.15) is 32.1 Å². The number of anilines is 1. The van der Waals surface area contributed by atoms with Crippen LogP contribution in [0.2, 0.25) is 0 Å². The molecule has 1 aliphatic rings. The minimum Gasteiger partial charge on any atom is -0.375 e. The van der Waals surface area contributed by atoms with Crippen LogP contribution in [0.4, 0.5) is 5.13 Å². The smallest absolute Gasteiger partial charge is 0.180 e. The molecular weight excluding hydrogens is 254 g/mol. The predicted octanol–water partition coefficient (Wildman–Crippen LogP) is 3.02. The topological polar surface area (TPSA) is 42.2 Å². The van der Waals surface area contributed by atoms with Crippen molar-refractivity contribution in [1.29, 1.82) is 0 Å². The van der Waals surface area contributed by atoms with E-state index in [4.69, 9.17) is 5.73 Å². The standard InChI is InChI=1S/C12H21N3S.ClH/c1-12(2,3)9-4-5-15(7-9)8-10-6-14-11(13)16-10;/h6,9H,4-5,7-8H2,1-3H3,(H2,13,14);1H. The second-order valence-electron chi connectivity index (χ2n) is 5.75. The molecule has 1 unspecified atom stereocenters. The van der Waals surface area contributed by atoms with Crippen LogP contribution in [-0.4, -0.2) is 23.0 Å². The third-order valence-corrected chi connectivity index (χ3v) is 4.26. The van der Waals surface area contributed by atoms with Crippen molar-refractivity contribution < 1.29 is 0 Å². The summed E-state index contributed by atoms with van der Waals surface area (Å²) in [4.78, 5) is 7.90. The first kappa shape index (κ1) is 14.7. The number of likely N-dealkylation sites (tertiary alicyclic amines) is 1. The summed E-state index contributed by atoms with van der Waals surface area (Å²) in [5.74, 6) is 0.817. The Morgan fingerprint density at radius 1 is 1.53 bits per heavy atom. The highest BCUT2D eigenvalue weighted by Gasteiger charge is 2.31. The Morgan fingerprint density at radius 2 is 2.24 bits per heavy atom. The molecule has 1 aromatic rings. The van der Waals surface area contributed by atoms with E-state index < -0.39 is 0 Å². The third-order valence-electron chi connectivity index (χ3n) is 3.45. The number of halogens is 1. The maximum Gasteiger partial charge on any atom is 0.180 e. The first-order chi connectivity index (χ1) is 7.45. The van der Waals surface area contributed by atoms with Crippen molar-refractivity contribution in [2.45, 2.75) is 33.7 Å². The van der Waals surface area contributed by atoms with E-state index in [0.29, 0.717) is 10.5 Å². The second-order valence-corrected chi connectivity index (χ2v) is 6.90. The Balaban J connectivity index is 0.00000144. The summed E-state index contributed by atoms with van der Waals surface area (Å²) in [6, 6.07) is 0. The minimum atomic E-state index is 0. The van der Waals surface area contributed by atoms with Gasteiger partial charge in [-0.25, -0.2) is 4.98 Å². The summed E-state index contributed by atoms with van der Waals surface area (Å²) in [5, 5.41) is 0.682. The summed E-state index contributed by atoms with van der Waals surface area (Å²) in [7, 11) is 0. The first-order valence-corrected chi connectivity index (χ1v) is 6.69. The normalized spacial score (nSPS) is 21.5. The number of hydrogen-bond acceptors (Lipinski definition) is 4. The molecule has 0 aromatic carbocycles. The molecule has 1 atom stereocenters. The lowest BCUT2D eigenvalue weighted by molar-refractivity contribution is 0.227. The Kier molecular flexibility index (Phi) is 4.81. The monoisotopic (exact) mass is 275 g/mol. The van der Waals surface area contributed by atoms with Crippen LogP contribution >= 0.6 is 23.7 Å². The summed E-state index contributed by atoms with van der Waals surface area (Å²) in [6.07, 6.45) is 3.22. The largest absolute Gasteiger partial charge is 0.375 e. The number of nitrogens with two attached hydrogens (primary N) is 1. The van der Waals surface area contributed by atoms with Crippen LogP contribution in [-0.2, 0) is 6.54 Å². The van der Waals surface area contributed by atoms with E-state index >= 15 is 0 Å². The molecule has 1 saturated heterocycles. The predicted molar refractivity (Wildman–Crippen MR) is 76.6 cm³/mol. The molecule has 0 aliphatic carbocycles. The van der Waals surface area contributed by atoms with Gasteiger partial charge in [0.1, 0.15) is 0 Å². The number of aromatic nitrogens is 1. The fourth-order valence-electron chi connectivity index (χ4n) is 2.30. The third kappa shape index (κ3) is 3.83. The molecule has 0 saturated carbocycles. The van der Waals surface area contributed by atoms with Gasteiger partial charge in [-0.2, -0.15) is 0 Å². The molecule has 3 nitrogen and oxygen atoms in total. The molecule has 1 aliphatic heterocycles. The van der Waals surface area contributed by atoms with Crippen molar-refractivity contribution in [3.8, 4) is 0 Å². The van der Waals surface area contributed by atoms with Crippen LogP contribution in [0.15, 0.2) is 6.20 Å². The van der Waals surface area contributed by atoms with E-state index in [1.54, 1.807) is 11.3 Å². The van der Waals surface area contributed by atoms with E-state index in [2.05, 4.69) is 30.7 Å². The number of hydrogen-bond donors (Lipinski definition) is 1. The number of nitrogens with zero attached hydrogens (tertiary/aromatic N) is 2. The van der Waals surface area contributed by atoms with E-state index in [0.717, 1.165) is 12.5 Å². The van der Waals surface area contributed by atoms with E-state index in [-0.39, 0.29) is 12.4 Å². The quantitative estimate of drug-likeness (QED) is 0.902. The Hall–Kier alpha value is -0.320. The van der Waals surface area contributed by atoms with Gasteiger partial charge in [-0.3, -0.25) is 4.90 Å². The van der Waals surface area contributed by atoms with Gasteiger partial charge >= 0.3 is 0 Å². The first-order valence-electron chi connectivity index (χ1n) is 5.87. The molecule has 0 radical (unpaired) electrons. The molecule has 1 aromatic heterocycles. The fraction of sp³-hybridized carbons (Fsp3) is 0.750. The second kappa shape index (κ2) is 5.55. The maximum absolute atomic E-state index is 5.64. The van der Waals surface area contributed by atoms with Crippen molar-refractivity contribution in [3.63, 3.8) is 0 Å². The minimum absolute atomic E-state index is 0. The lowest BCUT2D eigenvalue weighted by Crippen LogP contribution is -2.25. The zero-order chi connectivity index (χ0) is 11.8. The number of thiazole rings is 1. The van der Waals surface area contributed by atoms with E-state index in [1.807, 2.05) is 6.20 Å². The molecule has 0 amide bonds. The van der Waals surface area contributed by atoms with Crippen LogP contribution in [0.25, 0.3) is 0 Å². The van der Waals surface area contributed by atoms with Gasteiger partial charge in [-0.05, 0) is 24.3 Å². The van der Waals surface area contributed by atoms with Gasteiger partial charge in [0.05, 0.1) is 0 Å². The van der Waals surface area contributed by atoms with Gasteiger partial charge in [-0.1, -0.05) is 20.8 Å². The molecule has 0 bridgehead atoms. The van der Waals surface area contributed by atoms with Crippen molar-refractivity contribution in [1.82, 2.24) is 9.88 Å². The zero-order valence-corrected chi connectivity index (χ0v) is 12.4. The van der Waals surface area contributed by atoms with Gasteiger partial charge in [0.2, 0.25) is 0 Å². The van der Waals surface area contributed by atoms with Gasteiger partial charge in [-0.15, -0.1) is 23.7 Å². The van der Waals surface area contributed by atoms with Crippen LogP contribution in [0.3, 0.4) is 0 Å². The lowest BCUT2D eigenvalue weighted by atomic mass is 9.80. The van der Waals surface area contributed by atoms with Gasteiger partial charge in [0.25, 0.3) is 0 Å². The average molecular weight is 276 g/mol. The molecule has 1 fully saturated rings. The van der Waals surface area contributed by atoms with Crippen molar-refractivity contribution >= 4 is 28.9 Å². The highest BCUT2D eigenvalue weighted by atomic mass is 35.5. The van der Waals surface area contributed by atoms with Crippen LogP contribution in [0.5, 0.6) is 0 Å². The molecular formula is C12H22ClN3S.